The molecule has 0 fully saturated rings. The molecule has 1 aromatic carbocycles. The fourth-order valence-electron chi connectivity index (χ4n) is 2.01. The lowest BCUT2D eigenvalue weighted by molar-refractivity contribution is -0.131. The minimum atomic E-state index is -0.189. The molecule has 0 heterocycles. The normalized spacial score (nSPS) is 12.1. The molecule has 1 rings (SSSR count). The molecule has 1 aromatic rings. The maximum atomic E-state index is 12.2. The molecule has 0 saturated carbocycles. The van der Waals surface area contributed by atoms with Crippen molar-refractivity contribution >= 4 is 11.6 Å². The Bertz CT molecular complexity index is 411. The van der Waals surface area contributed by atoms with Crippen molar-refractivity contribution in [3.63, 3.8) is 0 Å². The van der Waals surface area contributed by atoms with E-state index in [1.807, 2.05) is 37.8 Å². The summed E-state index contributed by atoms with van der Waals surface area (Å²) >= 11 is 0. The Balaban J connectivity index is 2.78. The lowest BCUT2D eigenvalue weighted by atomic mass is 10.1. The van der Waals surface area contributed by atoms with E-state index in [1.165, 1.54) is 11.1 Å². The summed E-state index contributed by atoms with van der Waals surface area (Å²) in [7, 11) is 0. The summed E-state index contributed by atoms with van der Waals surface area (Å²) in [6, 6.07) is 5.93. The van der Waals surface area contributed by atoms with Crippen LogP contribution in [0.4, 0.5) is 5.69 Å². The third-order valence-electron chi connectivity index (χ3n) is 3.42. The van der Waals surface area contributed by atoms with Crippen molar-refractivity contribution in [3.8, 4) is 0 Å². The predicted octanol–water partition coefficient (Wildman–Crippen LogP) is 2.97. The Morgan fingerprint density at radius 3 is 2.44 bits per heavy atom. The van der Waals surface area contributed by atoms with E-state index in [2.05, 4.69) is 25.2 Å². The van der Waals surface area contributed by atoms with Gasteiger partial charge in [0, 0.05) is 18.8 Å². The highest BCUT2D eigenvalue weighted by Gasteiger charge is 2.18. The van der Waals surface area contributed by atoms with Gasteiger partial charge in [0.15, 0.2) is 0 Å². The van der Waals surface area contributed by atoms with Gasteiger partial charge in [-0.15, -0.1) is 0 Å². The van der Waals surface area contributed by atoms with Crippen LogP contribution in [-0.2, 0) is 4.79 Å². The van der Waals surface area contributed by atoms with E-state index in [9.17, 15) is 4.79 Å². The first-order valence-corrected chi connectivity index (χ1v) is 6.62. The summed E-state index contributed by atoms with van der Waals surface area (Å²) in [6.45, 7) is 11.6. The number of nitrogens with one attached hydrogen (secondary N) is 1. The summed E-state index contributed by atoms with van der Waals surface area (Å²) in [5.41, 5.74) is 3.49. The molecule has 3 nitrogen and oxygen atoms in total. The Kier molecular flexibility index (Phi) is 5.20. The van der Waals surface area contributed by atoms with Crippen LogP contribution in [0.2, 0.25) is 0 Å². The van der Waals surface area contributed by atoms with Crippen LogP contribution in [0.5, 0.6) is 0 Å². The average molecular weight is 248 g/mol. The standard InChI is InChI=1S/C15H24N2O/c1-6-17(7-2)15(18)13(5)16-14-10-8-9-11(3)12(14)4/h8-10,13,16H,6-7H2,1-5H3. The van der Waals surface area contributed by atoms with Gasteiger partial charge in [0.1, 0.15) is 6.04 Å². The van der Waals surface area contributed by atoms with Crippen molar-refractivity contribution in [3.05, 3.63) is 29.3 Å². The van der Waals surface area contributed by atoms with E-state index >= 15 is 0 Å². The van der Waals surface area contributed by atoms with Crippen LogP contribution >= 0.6 is 0 Å². The first-order chi connectivity index (χ1) is 8.51. The van der Waals surface area contributed by atoms with Crippen LogP contribution in [-0.4, -0.2) is 29.9 Å². The molecular weight excluding hydrogens is 224 g/mol. The number of hydrogen-bond donors (Lipinski definition) is 1. The molecule has 1 atom stereocenters. The quantitative estimate of drug-likeness (QED) is 0.869. The molecule has 1 amide bonds. The van der Waals surface area contributed by atoms with Gasteiger partial charge in [-0.2, -0.15) is 0 Å². The smallest absolute Gasteiger partial charge is 0.244 e. The highest BCUT2D eigenvalue weighted by Crippen LogP contribution is 2.19. The van der Waals surface area contributed by atoms with Gasteiger partial charge in [0.05, 0.1) is 0 Å². The Morgan fingerprint density at radius 1 is 1.28 bits per heavy atom. The summed E-state index contributed by atoms with van der Waals surface area (Å²) in [4.78, 5) is 14.0. The molecule has 0 aliphatic rings. The molecule has 1 N–H and O–H groups in total. The maximum absolute atomic E-state index is 12.2. The average Bonchev–Trinajstić information content (AvgIpc) is 2.36. The van der Waals surface area contributed by atoms with Crippen molar-refractivity contribution < 1.29 is 4.79 Å². The number of rotatable bonds is 5. The van der Waals surface area contributed by atoms with Crippen LogP contribution in [0.15, 0.2) is 18.2 Å². The topological polar surface area (TPSA) is 32.3 Å². The molecule has 0 aromatic heterocycles. The molecular formula is C15H24N2O. The van der Waals surface area contributed by atoms with Gasteiger partial charge >= 0.3 is 0 Å². The van der Waals surface area contributed by atoms with E-state index in [4.69, 9.17) is 0 Å². The van der Waals surface area contributed by atoms with Crippen LogP contribution in [0, 0.1) is 13.8 Å². The third kappa shape index (κ3) is 3.25. The number of aryl methyl sites for hydroxylation is 1. The van der Waals surface area contributed by atoms with Crippen LogP contribution in [0.3, 0.4) is 0 Å². The molecule has 1 unspecified atom stereocenters. The number of likely N-dealkylation sites (N-methyl/N-ethyl adjacent to an activating group) is 1. The summed E-state index contributed by atoms with van der Waals surface area (Å²) < 4.78 is 0. The molecule has 18 heavy (non-hydrogen) atoms. The Hall–Kier alpha value is -1.51. The van der Waals surface area contributed by atoms with Gasteiger partial charge in [-0.05, 0) is 51.8 Å². The van der Waals surface area contributed by atoms with Gasteiger partial charge in [0.2, 0.25) is 5.91 Å². The van der Waals surface area contributed by atoms with Gasteiger partial charge in [-0.1, -0.05) is 12.1 Å². The van der Waals surface area contributed by atoms with Crippen molar-refractivity contribution in [1.29, 1.82) is 0 Å². The molecule has 100 valence electrons. The highest BCUT2D eigenvalue weighted by molar-refractivity contribution is 5.84. The number of carbonyl (C=O) groups excluding carboxylic acids is 1. The van der Waals surface area contributed by atoms with Crippen molar-refractivity contribution in [1.82, 2.24) is 4.90 Å². The number of hydrogen-bond acceptors (Lipinski definition) is 2. The number of carbonyl (C=O) groups is 1. The second kappa shape index (κ2) is 6.43. The second-order valence-electron chi connectivity index (χ2n) is 4.62. The van der Waals surface area contributed by atoms with Gasteiger partial charge < -0.3 is 10.2 Å². The molecule has 3 heteroatoms. The van der Waals surface area contributed by atoms with E-state index in [1.54, 1.807) is 0 Å². The maximum Gasteiger partial charge on any atom is 0.244 e. The van der Waals surface area contributed by atoms with Crippen LogP contribution in [0.25, 0.3) is 0 Å². The zero-order valence-corrected chi connectivity index (χ0v) is 12.1. The van der Waals surface area contributed by atoms with Gasteiger partial charge in [-0.3, -0.25) is 4.79 Å². The van der Waals surface area contributed by atoms with Crippen molar-refractivity contribution in [2.45, 2.75) is 40.7 Å². The number of benzene rings is 1. The van der Waals surface area contributed by atoms with Gasteiger partial charge in [0.25, 0.3) is 0 Å². The first-order valence-electron chi connectivity index (χ1n) is 6.62. The number of nitrogens with zero attached hydrogens (tertiary/aromatic N) is 1. The summed E-state index contributed by atoms with van der Waals surface area (Å²) in [5, 5.41) is 3.31. The minimum Gasteiger partial charge on any atom is -0.374 e. The number of anilines is 1. The molecule has 0 aliphatic carbocycles. The second-order valence-corrected chi connectivity index (χ2v) is 4.62. The van der Waals surface area contributed by atoms with E-state index in [0.717, 1.165) is 18.8 Å². The monoisotopic (exact) mass is 248 g/mol. The molecule has 0 aliphatic heterocycles. The highest BCUT2D eigenvalue weighted by atomic mass is 16.2. The molecule has 0 saturated heterocycles. The zero-order chi connectivity index (χ0) is 13.7. The lowest BCUT2D eigenvalue weighted by Gasteiger charge is -2.24. The fourth-order valence-corrected chi connectivity index (χ4v) is 2.01. The number of amides is 1. The summed E-state index contributed by atoms with van der Waals surface area (Å²) in [6.07, 6.45) is 0. The van der Waals surface area contributed by atoms with E-state index in [0.29, 0.717) is 0 Å². The summed E-state index contributed by atoms with van der Waals surface area (Å²) in [5.74, 6) is 0.154. The molecule has 0 radical (unpaired) electrons. The van der Waals surface area contributed by atoms with Crippen molar-refractivity contribution in [2.75, 3.05) is 18.4 Å². The molecule has 0 bridgehead atoms. The Morgan fingerprint density at radius 2 is 1.89 bits per heavy atom. The van der Waals surface area contributed by atoms with Crippen LogP contribution < -0.4 is 5.32 Å². The Labute approximate surface area is 110 Å². The van der Waals surface area contributed by atoms with E-state index < -0.39 is 0 Å². The van der Waals surface area contributed by atoms with Gasteiger partial charge in [-0.25, -0.2) is 0 Å². The lowest BCUT2D eigenvalue weighted by Crippen LogP contribution is -2.41. The zero-order valence-electron chi connectivity index (χ0n) is 12.1. The van der Waals surface area contributed by atoms with Crippen LogP contribution in [0.1, 0.15) is 31.9 Å². The molecule has 0 spiro atoms. The minimum absolute atomic E-state index is 0.154. The first kappa shape index (κ1) is 14.6. The predicted molar refractivity (Wildman–Crippen MR) is 76.9 cm³/mol. The van der Waals surface area contributed by atoms with E-state index in [-0.39, 0.29) is 11.9 Å². The SMILES string of the molecule is CCN(CC)C(=O)C(C)Nc1cccc(C)c1C. The largest absolute Gasteiger partial charge is 0.374 e. The fraction of sp³-hybridized carbons (Fsp3) is 0.533. The third-order valence-corrected chi connectivity index (χ3v) is 3.42. The van der Waals surface area contributed by atoms with Crippen molar-refractivity contribution in [2.24, 2.45) is 0 Å².